The van der Waals surface area contributed by atoms with Crippen LogP contribution in [-0.4, -0.2) is 73.9 Å². The Labute approximate surface area is 92.9 Å². The second kappa shape index (κ2) is 6.06. The van der Waals surface area contributed by atoms with Crippen molar-refractivity contribution in [2.45, 2.75) is 0 Å². The van der Waals surface area contributed by atoms with E-state index in [-0.39, 0.29) is 0 Å². The molecule has 15 heavy (non-hydrogen) atoms. The lowest BCUT2D eigenvalue weighted by Crippen LogP contribution is -2.62. The molecule has 0 aliphatic carbocycles. The van der Waals surface area contributed by atoms with E-state index in [0.29, 0.717) is 0 Å². The second-order valence-corrected chi connectivity index (χ2v) is 6.06. The molecule has 0 saturated carbocycles. The predicted molar refractivity (Wildman–Crippen MR) is 61.6 cm³/mol. The van der Waals surface area contributed by atoms with Crippen LogP contribution in [0.2, 0.25) is 0 Å². The molecule has 0 amide bonds. The average Bonchev–Trinajstić information content (AvgIpc) is 2.22. The van der Waals surface area contributed by atoms with Crippen molar-refractivity contribution in [3.8, 4) is 0 Å². The molecule has 90 valence electrons. The molecule has 0 aliphatic rings. The lowest BCUT2D eigenvalue weighted by molar-refractivity contribution is 0.0832. The van der Waals surface area contributed by atoms with Gasteiger partial charge >= 0.3 is 8.97 Å². The molecule has 0 spiro atoms. The summed E-state index contributed by atoms with van der Waals surface area (Å²) < 4.78 is 17.8. The molecule has 0 N–H and O–H groups in total. The molecular formula is C8H21N3O3Si. The fraction of sp³-hybridized carbons (Fsp3) is 0.875. The highest BCUT2D eigenvalue weighted by Gasteiger charge is 2.47. The fourth-order valence-electron chi connectivity index (χ4n) is 1.43. The van der Waals surface area contributed by atoms with Gasteiger partial charge in [-0.1, -0.05) is 0 Å². The van der Waals surface area contributed by atoms with E-state index in [0.717, 1.165) is 5.96 Å². The number of nitrogens with zero attached hydrogens (tertiary/aromatic N) is 3. The van der Waals surface area contributed by atoms with Crippen LogP contribution in [0, 0.1) is 0 Å². The van der Waals surface area contributed by atoms with Crippen molar-refractivity contribution in [1.82, 2.24) is 9.47 Å². The fourth-order valence-corrected chi connectivity index (χ4v) is 3.30. The van der Waals surface area contributed by atoms with Crippen molar-refractivity contribution in [1.29, 1.82) is 0 Å². The molecule has 7 heteroatoms. The van der Waals surface area contributed by atoms with E-state index < -0.39 is 8.97 Å². The van der Waals surface area contributed by atoms with Gasteiger partial charge in [-0.2, -0.15) is 0 Å². The maximum atomic E-state index is 5.34. The van der Waals surface area contributed by atoms with Crippen molar-refractivity contribution in [3.05, 3.63) is 0 Å². The molecule has 0 aromatic rings. The number of hydrogen-bond donors (Lipinski definition) is 0. The van der Waals surface area contributed by atoms with E-state index >= 15 is 0 Å². The van der Waals surface area contributed by atoms with Gasteiger partial charge in [0.1, 0.15) is 0 Å². The molecule has 0 aliphatic heterocycles. The minimum Gasteiger partial charge on any atom is -0.360 e. The molecule has 0 unspecified atom stereocenters. The van der Waals surface area contributed by atoms with Crippen LogP contribution >= 0.6 is 0 Å². The quantitative estimate of drug-likeness (QED) is 0.385. The molecule has 0 rings (SSSR count). The van der Waals surface area contributed by atoms with Crippen LogP contribution in [-0.2, 0) is 13.3 Å². The maximum absolute atomic E-state index is 5.34. The lowest BCUT2D eigenvalue weighted by atomic mass is 10.8. The van der Waals surface area contributed by atoms with Crippen LogP contribution < -0.4 is 0 Å². The van der Waals surface area contributed by atoms with Gasteiger partial charge < -0.3 is 22.7 Å². The van der Waals surface area contributed by atoms with E-state index in [1.807, 2.05) is 26.0 Å². The highest BCUT2D eigenvalue weighted by Crippen LogP contribution is 2.12. The Bertz CT molecular complexity index is 211. The third kappa shape index (κ3) is 2.91. The Morgan fingerprint density at radius 3 is 1.60 bits per heavy atom. The summed E-state index contributed by atoms with van der Waals surface area (Å²) in [6, 6.07) is 0. The zero-order chi connectivity index (χ0) is 12.1. The number of guanidine groups is 1. The minimum absolute atomic E-state index is 0.743. The van der Waals surface area contributed by atoms with Gasteiger partial charge in [0.15, 0.2) is 5.96 Å². The first-order valence-electron chi connectivity index (χ1n) is 4.52. The van der Waals surface area contributed by atoms with E-state index in [9.17, 15) is 0 Å². The van der Waals surface area contributed by atoms with Crippen molar-refractivity contribution in [3.63, 3.8) is 0 Å². The topological polar surface area (TPSA) is 46.5 Å². The summed E-state index contributed by atoms with van der Waals surface area (Å²) in [5.41, 5.74) is 0. The number of aliphatic imine (C=N–C) groups is 1. The Morgan fingerprint density at radius 2 is 1.40 bits per heavy atom. The first kappa shape index (κ1) is 14.4. The van der Waals surface area contributed by atoms with Gasteiger partial charge in [0.2, 0.25) is 0 Å². The van der Waals surface area contributed by atoms with Crippen molar-refractivity contribution in [2.75, 3.05) is 49.5 Å². The molecule has 0 radical (unpaired) electrons. The molecule has 0 atom stereocenters. The van der Waals surface area contributed by atoms with Crippen LogP contribution in [0.5, 0.6) is 0 Å². The SMILES string of the molecule is CN=C(N(C)C)N(C)[Si](OC)(OC)OC. The smallest absolute Gasteiger partial charge is 0.360 e. The third-order valence-electron chi connectivity index (χ3n) is 2.08. The van der Waals surface area contributed by atoms with Crippen LogP contribution in [0.1, 0.15) is 0 Å². The van der Waals surface area contributed by atoms with Gasteiger partial charge in [-0.15, -0.1) is 0 Å². The predicted octanol–water partition coefficient (Wildman–Crippen LogP) is -0.160. The molecule has 0 fully saturated rings. The molecule has 0 saturated heterocycles. The minimum atomic E-state index is -2.81. The molecule has 6 nitrogen and oxygen atoms in total. The molecule has 0 bridgehead atoms. The summed E-state index contributed by atoms with van der Waals surface area (Å²) in [6.07, 6.45) is 0. The van der Waals surface area contributed by atoms with Gasteiger partial charge in [-0.05, 0) is 0 Å². The summed E-state index contributed by atoms with van der Waals surface area (Å²) in [4.78, 5) is 6.03. The Kier molecular flexibility index (Phi) is 5.80. The number of rotatable bonds is 4. The van der Waals surface area contributed by atoms with Crippen molar-refractivity contribution in [2.24, 2.45) is 4.99 Å². The summed E-state index contributed by atoms with van der Waals surface area (Å²) in [5.74, 6) is 0.743. The molecule has 0 aromatic heterocycles. The zero-order valence-corrected chi connectivity index (χ0v) is 11.6. The van der Waals surface area contributed by atoms with Gasteiger partial charge in [-0.3, -0.25) is 4.99 Å². The Morgan fingerprint density at radius 1 is 1.00 bits per heavy atom. The van der Waals surface area contributed by atoms with E-state index in [2.05, 4.69) is 4.99 Å². The molecule has 0 aromatic carbocycles. The Balaban J connectivity index is 5.00. The van der Waals surface area contributed by atoms with Gasteiger partial charge in [0.25, 0.3) is 0 Å². The highest BCUT2D eigenvalue weighted by atomic mass is 28.4. The monoisotopic (exact) mass is 235 g/mol. The lowest BCUT2D eigenvalue weighted by Gasteiger charge is -2.36. The Hall–Kier alpha value is -0.633. The van der Waals surface area contributed by atoms with E-state index in [1.165, 1.54) is 0 Å². The highest BCUT2D eigenvalue weighted by molar-refractivity contribution is 6.60. The number of hydrogen-bond acceptors (Lipinski definition) is 4. The molecular weight excluding hydrogens is 214 g/mol. The third-order valence-corrected chi connectivity index (χ3v) is 4.65. The van der Waals surface area contributed by atoms with Crippen LogP contribution in [0.15, 0.2) is 4.99 Å². The van der Waals surface area contributed by atoms with Gasteiger partial charge in [0, 0.05) is 49.5 Å². The van der Waals surface area contributed by atoms with Crippen LogP contribution in [0.25, 0.3) is 0 Å². The summed E-state index contributed by atoms with van der Waals surface area (Å²) >= 11 is 0. The van der Waals surface area contributed by atoms with Gasteiger partial charge in [0.05, 0.1) is 0 Å². The molecule has 0 heterocycles. The van der Waals surface area contributed by atoms with Gasteiger partial charge in [-0.25, -0.2) is 0 Å². The van der Waals surface area contributed by atoms with Crippen LogP contribution in [0.3, 0.4) is 0 Å². The standard InChI is InChI=1S/C8H21N3O3Si/c1-9-8(10(2)3)11(4)15(12-5,13-6)14-7/h1-7H3. The van der Waals surface area contributed by atoms with Crippen molar-refractivity contribution >= 4 is 14.9 Å². The average molecular weight is 235 g/mol. The van der Waals surface area contributed by atoms with E-state index in [1.54, 1.807) is 32.9 Å². The van der Waals surface area contributed by atoms with Crippen LogP contribution in [0.4, 0.5) is 0 Å². The second-order valence-electron chi connectivity index (χ2n) is 3.11. The zero-order valence-electron chi connectivity index (χ0n) is 10.6. The summed E-state index contributed by atoms with van der Waals surface area (Å²) in [6.45, 7) is 0. The summed E-state index contributed by atoms with van der Waals surface area (Å²) in [7, 11) is 9.25. The maximum Gasteiger partial charge on any atom is 0.635 e. The summed E-state index contributed by atoms with van der Waals surface area (Å²) in [5, 5.41) is 0. The normalized spacial score (nSPS) is 12.9. The largest absolute Gasteiger partial charge is 0.635 e. The first-order valence-corrected chi connectivity index (χ1v) is 6.19. The van der Waals surface area contributed by atoms with Crippen molar-refractivity contribution < 1.29 is 13.3 Å². The van der Waals surface area contributed by atoms with E-state index in [4.69, 9.17) is 13.3 Å². The first-order chi connectivity index (χ1) is 6.98.